The van der Waals surface area contributed by atoms with Gasteiger partial charge in [-0.1, -0.05) is 18.2 Å². The second-order valence-corrected chi connectivity index (χ2v) is 7.30. The van der Waals surface area contributed by atoms with E-state index < -0.39 is 0 Å². The number of carbonyl (C=O) groups is 1. The van der Waals surface area contributed by atoms with E-state index in [2.05, 4.69) is 50.4 Å². The number of piperazine rings is 1. The second kappa shape index (κ2) is 7.91. The number of hydrogen-bond donors (Lipinski definition) is 1. The Hall–Kier alpha value is -2.34. The number of nitrogens with one attached hydrogen (secondary N) is 1. The third-order valence-electron chi connectivity index (χ3n) is 5.54. The second-order valence-electron chi connectivity index (χ2n) is 7.30. The average Bonchev–Trinajstić information content (AvgIpc) is 3.19. The molecule has 2 fully saturated rings. The summed E-state index contributed by atoms with van der Waals surface area (Å²) >= 11 is 0. The SMILES string of the molecule is O=C(N[C@H]1C[C@@H](CCN2CCN(c3ccccc3)CC2)C1)c1ncco1. The highest BCUT2D eigenvalue weighted by Gasteiger charge is 2.31. The van der Waals surface area contributed by atoms with Crippen molar-refractivity contribution in [2.75, 3.05) is 37.6 Å². The fourth-order valence-electron chi connectivity index (χ4n) is 3.91. The van der Waals surface area contributed by atoms with Gasteiger partial charge >= 0.3 is 5.91 Å². The van der Waals surface area contributed by atoms with Crippen LogP contribution in [0.3, 0.4) is 0 Å². The largest absolute Gasteiger partial charge is 0.441 e. The number of anilines is 1. The molecule has 2 aliphatic rings. The van der Waals surface area contributed by atoms with E-state index in [0.717, 1.165) is 51.5 Å². The minimum atomic E-state index is -0.199. The smallest absolute Gasteiger partial charge is 0.307 e. The molecule has 2 heterocycles. The van der Waals surface area contributed by atoms with Crippen LogP contribution in [-0.2, 0) is 0 Å². The van der Waals surface area contributed by atoms with Crippen molar-refractivity contribution in [3.63, 3.8) is 0 Å². The number of para-hydroxylation sites is 1. The van der Waals surface area contributed by atoms with Crippen LogP contribution >= 0.6 is 0 Å². The van der Waals surface area contributed by atoms with Crippen molar-refractivity contribution in [2.24, 2.45) is 5.92 Å². The van der Waals surface area contributed by atoms with Gasteiger partial charge in [0.15, 0.2) is 0 Å². The standard InChI is InChI=1S/C20H26N4O2/c25-19(20-21-7-13-26-20)22-17-14-16(15-17)6-8-23-9-11-24(12-10-23)18-4-2-1-3-5-18/h1-5,7,13,16-17H,6,8-12,14-15H2,(H,22,25)/t16-,17+. The van der Waals surface area contributed by atoms with Crippen LogP contribution in [0.1, 0.15) is 29.9 Å². The normalized spacial score (nSPS) is 23.5. The van der Waals surface area contributed by atoms with Crippen molar-refractivity contribution in [2.45, 2.75) is 25.3 Å². The van der Waals surface area contributed by atoms with Crippen molar-refractivity contribution in [3.05, 3.63) is 48.7 Å². The summed E-state index contributed by atoms with van der Waals surface area (Å²) in [6.45, 7) is 5.62. The first-order valence-corrected chi connectivity index (χ1v) is 9.50. The molecule has 1 aliphatic heterocycles. The van der Waals surface area contributed by atoms with Crippen molar-refractivity contribution in [1.82, 2.24) is 15.2 Å². The number of amides is 1. The highest BCUT2D eigenvalue weighted by molar-refractivity contribution is 5.89. The fraction of sp³-hybridized carbons (Fsp3) is 0.500. The number of nitrogens with zero attached hydrogens (tertiary/aromatic N) is 3. The Kier molecular flexibility index (Phi) is 5.20. The van der Waals surface area contributed by atoms with Gasteiger partial charge in [0, 0.05) is 37.9 Å². The Labute approximate surface area is 154 Å². The van der Waals surface area contributed by atoms with Crippen LogP contribution in [0.15, 0.2) is 47.2 Å². The summed E-state index contributed by atoms with van der Waals surface area (Å²) in [6.07, 6.45) is 6.27. The molecular weight excluding hydrogens is 328 g/mol. The van der Waals surface area contributed by atoms with E-state index in [1.165, 1.54) is 24.6 Å². The summed E-state index contributed by atoms with van der Waals surface area (Å²) in [4.78, 5) is 20.8. The predicted molar refractivity (Wildman–Crippen MR) is 100 cm³/mol. The van der Waals surface area contributed by atoms with Crippen LogP contribution in [0.25, 0.3) is 0 Å². The van der Waals surface area contributed by atoms with Crippen molar-refractivity contribution in [1.29, 1.82) is 0 Å². The maximum absolute atomic E-state index is 11.9. The lowest BCUT2D eigenvalue weighted by Crippen LogP contribution is -2.48. The Morgan fingerprint density at radius 2 is 1.92 bits per heavy atom. The third kappa shape index (κ3) is 4.07. The molecule has 1 N–H and O–H groups in total. The van der Waals surface area contributed by atoms with E-state index in [9.17, 15) is 4.79 Å². The maximum Gasteiger partial charge on any atom is 0.307 e. The van der Waals surface area contributed by atoms with Gasteiger partial charge in [-0.25, -0.2) is 4.98 Å². The predicted octanol–water partition coefficient (Wildman–Crippen LogP) is 2.40. The minimum absolute atomic E-state index is 0.157. The first-order chi connectivity index (χ1) is 12.8. The van der Waals surface area contributed by atoms with Gasteiger partial charge in [0.05, 0.1) is 6.20 Å². The van der Waals surface area contributed by atoms with E-state index in [1.807, 2.05) is 0 Å². The van der Waals surface area contributed by atoms with Crippen molar-refractivity contribution in [3.8, 4) is 0 Å². The van der Waals surface area contributed by atoms with Crippen LogP contribution in [0.5, 0.6) is 0 Å². The first-order valence-electron chi connectivity index (χ1n) is 9.50. The number of rotatable bonds is 6. The molecule has 0 bridgehead atoms. The van der Waals surface area contributed by atoms with Gasteiger partial charge in [0.2, 0.25) is 0 Å². The molecule has 1 amide bonds. The summed E-state index contributed by atoms with van der Waals surface area (Å²) in [5, 5.41) is 3.00. The zero-order valence-electron chi connectivity index (χ0n) is 15.0. The molecule has 1 aromatic heterocycles. The highest BCUT2D eigenvalue weighted by atomic mass is 16.3. The zero-order valence-corrected chi connectivity index (χ0v) is 15.0. The molecule has 138 valence electrons. The van der Waals surface area contributed by atoms with E-state index in [4.69, 9.17) is 4.42 Å². The van der Waals surface area contributed by atoms with Gasteiger partial charge in [-0.2, -0.15) is 0 Å². The van der Waals surface area contributed by atoms with Crippen LogP contribution < -0.4 is 10.2 Å². The summed E-state index contributed by atoms with van der Waals surface area (Å²) in [6, 6.07) is 10.9. The molecule has 1 saturated carbocycles. The molecule has 1 aliphatic carbocycles. The van der Waals surface area contributed by atoms with Crippen LogP contribution in [-0.4, -0.2) is 54.6 Å². The molecule has 0 radical (unpaired) electrons. The zero-order chi connectivity index (χ0) is 17.8. The molecule has 6 heteroatoms. The maximum atomic E-state index is 11.9. The summed E-state index contributed by atoms with van der Waals surface area (Å²) in [5.74, 6) is 0.678. The third-order valence-corrected chi connectivity index (χ3v) is 5.54. The summed E-state index contributed by atoms with van der Waals surface area (Å²) in [7, 11) is 0. The first kappa shape index (κ1) is 17.1. The van der Waals surface area contributed by atoms with Crippen molar-refractivity contribution >= 4 is 11.6 Å². The van der Waals surface area contributed by atoms with Gasteiger partial charge in [-0.3, -0.25) is 9.69 Å². The molecule has 6 nitrogen and oxygen atoms in total. The molecule has 0 atom stereocenters. The lowest BCUT2D eigenvalue weighted by atomic mass is 9.78. The molecule has 26 heavy (non-hydrogen) atoms. The highest BCUT2D eigenvalue weighted by Crippen LogP contribution is 2.31. The van der Waals surface area contributed by atoms with Gasteiger partial charge in [-0.05, 0) is 43.9 Å². The fourth-order valence-corrected chi connectivity index (χ4v) is 3.91. The number of carbonyl (C=O) groups excluding carboxylic acids is 1. The molecule has 1 aromatic carbocycles. The minimum Gasteiger partial charge on any atom is -0.441 e. The summed E-state index contributed by atoms with van der Waals surface area (Å²) in [5.41, 5.74) is 1.33. The van der Waals surface area contributed by atoms with E-state index in [-0.39, 0.29) is 17.8 Å². The van der Waals surface area contributed by atoms with E-state index in [0.29, 0.717) is 0 Å². The number of hydrogen-bond acceptors (Lipinski definition) is 5. The number of oxazole rings is 1. The van der Waals surface area contributed by atoms with Crippen LogP contribution in [0, 0.1) is 5.92 Å². The Morgan fingerprint density at radius 3 is 2.62 bits per heavy atom. The molecule has 0 unspecified atom stereocenters. The molecule has 0 spiro atoms. The van der Waals surface area contributed by atoms with Gasteiger partial charge in [0.1, 0.15) is 6.26 Å². The number of aromatic nitrogens is 1. The Balaban J connectivity index is 1.12. The topological polar surface area (TPSA) is 61.6 Å². The summed E-state index contributed by atoms with van der Waals surface area (Å²) < 4.78 is 5.03. The van der Waals surface area contributed by atoms with Crippen LogP contribution in [0.4, 0.5) is 5.69 Å². The number of benzene rings is 1. The van der Waals surface area contributed by atoms with Crippen LogP contribution in [0.2, 0.25) is 0 Å². The lowest BCUT2D eigenvalue weighted by molar-refractivity contribution is 0.0842. The monoisotopic (exact) mass is 354 g/mol. The molecule has 1 saturated heterocycles. The van der Waals surface area contributed by atoms with Gasteiger partial charge < -0.3 is 14.6 Å². The lowest BCUT2D eigenvalue weighted by Gasteiger charge is -2.39. The Morgan fingerprint density at radius 1 is 1.15 bits per heavy atom. The van der Waals surface area contributed by atoms with Gasteiger partial charge in [0.25, 0.3) is 5.89 Å². The van der Waals surface area contributed by atoms with Gasteiger partial charge in [-0.15, -0.1) is 0 Å². The quantitative estimate of drug-likeness (QED) is 0.863. The van der Waals surface area contributed by atoms with E-state index in [1.54, 1.807) is 0 Å². The Bertz CT molecular complexity index is 690. The molecule has 4 rings (SSSR count). The molecular formula is C20H26N4O2. The molecule has 2 aromatic rings. The van der Waals surface area contributed by atoms with E-state index >= 15 is 0 Å². The average molecular weight is 354 g/mol. The van der Waals surface area contributed by atoms with Crippen molar-refractivity contribution < 1.29 is 9.21 Å².